The number of amides is 1. The number of halogens is 1. The standard InChI is InChI=1S/C17H22ClNO3/c1-21-10-14-16(13-7-8-22-17(13)14)19-15(20)6-5-11-3-2-4-12(18)9-11/h2-4,9,13-14,16-17H,5-8,10H2,1H3,(H,19,20)/t13-,14-,16-,17-/m0/s1. The van der Waals surface area contributed by atoms with Gasteiger partial charge in [-0.05, 0) is 30.5 Å². The highest BCUT2D eigenvalue weighted by Crippen LogP contribution is 2.43. The fraction of sp³-hybridized carbons (Fsp3) is 0.588. The van der Waals surface area contributed by atoms with E-state index in [1.54, 1.807) is 7.11 Å². The Labute approximate surface area is 136 Å². The molecule has 4 nitrogen and oxygen atoms in total. The minimum Gasteiger partial charge on any atom is -0.384 e. The average molecular weight is 324 g/mol. The lowest BCUT2D eigenvalue weighted by Gasteiger charge is -2.47. The predicted molar refractivity (Wildman–Crippen MR) is 84.9 cm³/mol. The second-order valence-electron chi connectivity index (χ2n) is 6.13. The number of nitrogens with one attached hydrogen (secondary N) is 1. The molecule has 2 fully saturated rings. The van der Waals surface area contributed by atoms with Gasteiger partial charge >= 0.3 is 0 Å². The van der Waals surface area contributed by atoms with Crippen molar-refractivity contribution in [3.63, 3.8) is 0 Å². The maximum absolute atomic E-state index is 12.2. The summed E-state index contributed by atoms with van der Waals surface area (Å²) in [6.07, 6.45) is 2.48. The Morgan fingerprint density at radius 2 is 2.36 bits per heavy atom. The van der Waals surface area contributed by atoms with E-state index in [-0.39, 0.29) is 24.0 Å². The number of carbonyl (C=O) groups excluding carboxylic acids is 1. The Balaban J connectivity index is 1.50. The molecule has 0 unspecified atom stereocenters. The summed E-state index contributed by atoms with van der Waals surface area (Å²) in [6, 6.07) is 7.86. The first-order valence-electron chi connectivity index (χ1n) is 7.83. The molecule has 0 aromatic heterocycles. The van der Waals surface area contributed by atoms with E-state index in [0.29, 0.717) is 30.4 Å². The number of ether oxygens (including phenoxy) is 2. The van der Waals surface area contributed by atoms with Gasteiger partial charge in [-0.15, -0.1) is 0 Å². The Hall–Kier alpha value is -1.10. The number of methoxy groups -OCH3 is 1. The highest BCUT2D eigenvalue weighted by atomic mass is 35.5. The van der Waals surface area contributed by atoms with Crippen LogP contribution in [0.1, 0.15) is 18.4 Å². The fourth-order valence-electron chi connectivity index (χ4n) is 3.64. The van der Waals surface area contributed by atoms with Gasteiger partial charge in [0.25, 0.3) is 0 Å². The van der Waals surface area contributed by atoms with Crippen LogP contribution in [-0.4, -0.2) is 38.4 Å². The summed E-state index contributed by atoms with van der Waals surface area (Å²) in [5.74, 6) is 0.833. The molecule has 1 aliphatic carbocycles. The molecule has 0 bridgehead atoms. The van der Waals surface area contributed by atoms with Gasteiger partial charge in [-0.1, -0.05) is 23.7 Å². The van der Waals surface area contributed by atoms with E-state index < -0.39 is 0 Å². The van der Waals surface area contributed by atoms with E-state index in [9.17, 15) is 4.79 Å². The fourth-order valence-corrected chi connectivity index (χ4v) is 3.86. The maximum Gasteiger partial charge on any atom is 0.220 e. The summed E-state index contributed by atoms with van der Waals surface area (Å²) >= 11 is 5.96. The van der Waals surface area contributed by atoms with Crippen LogP contribution in [-0.2, 0) is 20.7 Å². The summed E-state index contributed by atoms with van der Waals surface area (Å²) < 4.78 is 11.0. The smallest absolute Gasteiger partial charge is 0.220 e. The monoisotopic (exact) mass is 323 g/mol. The summed E-state index contributed by atoms with van der Waals surface area (Å²) in [7, 11) is 1.69. The van der Waals surface area contributed by atoms with E-state index in [4.69, 9.17) is 21.1 Å². The van der Waals surface area contributed by atoms with Crippen molar-refractivity contribution in [3.8, 4) is 0 Å². The molecule has 2 aliphatic rings. The van der Waals surface area contributed by atoms with Gasteiger partial charge in [0.1, 0.15) is 0 Å². The molecule has 0 radical (unpaired) electrons. The lowest BCUT2D eigenvalue weighted by Crippen LogP contribution is -2.62. The third kappa shape index (κ3) is 3.29. The van der Waals surface area contributed by atoms with Gasteiger partial charge in [-0.2, -0.15) is 0 Å². The van der Waals surface area contributed by atoms with Crippen molar-refractivity contribution in [1.29, 1.82) is 0 Å². The Morgan fingerprint density at radius 3 is 3.14 bits per heavy atom. The molecule has 1 aromatic rings. The summed E-state index contributed by atoms with van der Waals surface area (Å²) in [5, 5.41) is 3.89. The van der Waals surface area contributed by atoms with Crippen LogP contribution in [0.3, 0.4) is 0 Å². The van der Waals surface area contributed by atoms with Gasteiger partial charge < -0.3 is 14.8 Å². The molecule has 1 saturated carbocycles. The zero-order valence-electron chi connectivity index (χ0n) is 12.8. The van der Waals surface area contributed by atoms with Crippen LogP contribution in [0.4, 0.5) is 0 Å². The molecular formula is C17H22ClNO3. The lowest BCUT2D eigenvalue weighted by atomic mass is 9.67. The van der Waals surface area contributed by atoms with Crippen LogP contribution in [0.5, 0.6) is 0 Å². The third-order valence-corrected chi connectivity index (χ3v) is 4.98. The quantitative estimate of drug-likeness (QED) is 0.874. The van der Waals surface area contributed by atoms with E-state index in [0.717, 1.165) is 18.6 Å². The van der Waals surface area contributed by atoms with Crippen molar-refractivity contribution >= 4 is 17.5 Å². The van der Waals surface area contributed by atoms with E-state index in [1.165, 1.54) is 0 Å². The van der Waals surface area contributed by atoms with Crippen LogP contribution in [0.15, 0.2) is 24.3 Å². The Bertz CT molecular complexity index is 536. The maximum atomic E-state index is 12.2. The van der Waals surface area contributed by atoms with Crippen LogP contribution in [0.25, 0.3) is 0 Å². The molecule has 4 atom stereocenters. The van der Waals surface area contributed by atoms with Crippen molar-refractivity contribution in [2.75, 3.05) is 20.3 Å². The van der Waals surface area contributed by atoms with Crippen LogP contribution in [0.2, 0.25) is 5.02 Å². The van der Waals surface area contributed by atoms with Crippen molar-refractivity contribution < 1.29 is 14.3 Å². The lowest BCUT2D eigenvalue weighted by molar-refractivity contribution is -0.129. The van der Waals surface area contributed by atoms with E-state index in [1.807, 2.05) is 24.3 Å². The second-order valence-corrected chi connectivity index (χ2v) is 6.57. The first-order chi connectivity index (χ1) is 10.7. The van der Waals surface area contributed by atoms with Gasteiger partial charge in [0.2, 0.25) is 5.91 Å². The SMILES string of the molecule is COC[C@H]1[C@@H](NC(=O)CCc2cccc(Cl)c2)[C@@H]2CCO[C@@H]21. The second kappa shape index (κ2) is 6.99. The van der Waals surface area contributed by atoms with Crippen LogP contribution < -0.4 is 5.32 Å². The zero-order valence-corrected chi connectivity index (χ0v) is 13.5. The van der Waals surface area contributed by atoms with Crippen LogP contribution >= 0.6 is 11.6 Å². The molecule has 0 spiro atoms. The van der Waals surface area contributed by atoms with Gasteiger partial charge in [0.15, 0.2) is 0 Å². The molecule has 3 rings (SSSR count). The summed E-state index contributed by atoms with van der Waals surface area (Å²) in [6.45, 7) is 1.44. The molecule has 5 heteroatoms. The van der Waals surface area contributed by atoms with E-state index >= 15 is 0 Å². The number of carbonyl (C=O) groups is 1. The Morgan fingerprint density at radius 1 is 1.50 bits per heavy atom. The van der Waals surface area contributed by atoms with Gasteiger partial charge in [0, 0.05) is 43.0 Å². The molecule has 1 N–H and O–H groups in total. The number of hydrogen-bond donors (Lipinski definition) is 1. The average Bonchev–Trinajstić information content (AvgIpc) is 2.93. The molecule has 1 heterocycles. The molecular weight excluding hydrogens is 302 g/mol. The number of rotatable bonds is 6. The summed E-state index contributed by atoms with van der Waals surface area (Å²) in [4.78, 5) is 12.2. The molecule has 1 aliphatic heterocycles. The highest BCUT2D eigenvalue weighted by Gasteiger charge is 2.54. The topological polar surface area (TPSA) is 47.6 Å². The Kier molecular flexibility index (Phi) is 5.01. The zero-order chi connectivity index (χ0) is 15.5. The van der Waals surface area contributed by atoms with Gasteiger partial charge in [-0.3, -0.25) is 4.79 Å². The minimum absolute atomic E-state index is 0.0939. The van der Waals surface area contributed by atoms with Gasteiger partial charge in [0.05, 0.1) is 12.7 Å². The van der Waals surface area contributed by atoms with Crippen LogP contribution in [0, 0.1) is 11.8 Å². The number of fused-ring (bicyclic) bond motifs is 1. The normalized spacial score (nSPS) is 29.7. The van der Waals surface area contributed by atoms with Crippen molar-refractivity contribution in [2.45, 2.75) is 31.4 Å². The van der Waals surface area contributed by atoms with Crippen molar-refractivity contribution in [1.82, 2.24) is 5.32 Å². The number of benzene rings is 1. The minimum atomic E-state index is 0.0939. The van der Waals surface area contributed by atoms with Crippen molar-refractivity contribution in [3.05, 3.63) is 34.9 Å². The first-order valence-corrected chi connectivity index (χ1v) is 8.21. The van der Waals surface area contributed by atoms with E-state index in [2.05, 4.69) is 5.32 Å². The molecule has 1 amide bonds. The highest BCUT2D eigenvalue weighted by molar-refractivity contribution is 6.30. The predicted octanol–water partition coefficient (Wildman–Crippen LogP) is 2.44. The largest absolute Gasteiger partial charge is 0.384 e. The molecule has 1 saturated heterocycles. The number of hydrogen-bond acceptors (Lipinski definition) is 3. The molecule has 22 heavy (non-hydrogen) atoms. The number of aryl methyl sites for hydroxylation is 1. The molecule has 1 aromatic carbocycles. The first kappa shape index (κ1) is 15.8. The summed E-state index contributed by atoms with van der Waals surface area (Å²) in [5.41, 5.74) is 1.09. The third-order valence-electron chi connectivity index (χ3n) is 4.74. The molecule has 120 valence electrons. The van der Waals surface area contributed by atoms with Gasteiger partial charge in [-0.25, -0.2) is 0 Å². The van der Waals surface area contributed by atoms with Crippen molar-refractivity contribution in [2.24, 2.45) is 11.8 Å².